The van der Waals surface area contributed by atoms with Crippen molar-refractivity contribution in [3.05, 3.63) is 58.9 Å². The number of hydrogen-bond acceptors (Lipinski definition) is 4. The van der Waals surface area contributed by atoms with Crippen LogP contribution in [-0.2, 0) is 4.79 Å². The number of halogens is 2. The van der Waals surface area contributed by atoms with Gasteiger partial charge >= 0.3 is 0 Å². The Balaban J connectivity index is 1.70. The summed E-state index contributed by atoms with van der Waals surface area (Å²) in [6, 6.07) is 15.1. The summed E-state index contributed by atoms with van der Waals surface area (Å²) >= 11 is 13.5. The second-order valence-corrected chi connectivity index (χ2v) is 8.22. The summed E-state index contributed by atoms with van der Waals surface area (Å²) in [6.45, 7) is 3.62. The first-order valence-corrected chi connectivity index (χ1v) is 10.1. The highest BCUT2D eigenvalue weighted by atomic mass is 35.5. The third-order valence-electron chi connectivity index (χ3n) is 4.01. The van der Waals surface area contributed by atoms with Gasteiger partial charge in [0, 0.05) is 22.5 Å². The molecule has 0 bridgehead atoms. The highest BCUT2D eigenvalue weighted by Crippen LogP contribution is 2.30. The molecule has 0 aliphatic carbocycles. The number of hydrogen-bond donors (Lipinski definition) is 2. The molecule has 0 aliphatic rings. The Morgan fingerprint density at radius 2 is 1.85 bits per heavy atom. The number of alkyl halides is 1. The lowest BCUT2D eigenvalue weighted by molar-refractivity contribution is -0.122. The molecule has 4 nitrogen and oxygen atoms in total. The summed E-state index contributed by atoms with van der Waals surface area (Å²) < 4.78 is 0. The maximum atomic E-state index is 12.2. The Morgan fingerprint density at radius 1 is 1.15 bits per heavy atom. The molecule has 2 N–H and O–H groups in total. The largest absolute Gasteiger partial charge is 0.330 e. The molecular formula is C20H19Cl2N3OS. The number of carbonyl (C=O) groups excluding carboxylic acids is 1. The Kier molecular flexibility index (Phi) is 6.05. The molecule has 27 heavy (non-hydrogen) atoms. The van der Waals surface area contributed by atoms with Gasteiger partial charge in [-0.25, -0.2) is 4.98 Å². The normalized spacial score (nSPS) is 11.3. The quantitative estimate of drug-likeness (QED) is 0.453. The van der Waals surface area contributed by atoms with Crippen LogP contribution in [0.3, 0.4) is 0 Å². The van der Waals surface area contributed by atoms with E-state index in [1.807, 2.05) is 67.8 Å². The first-order chi connectivity index (χ1) is 12.9. The molecule has 0 unspecified atom stereocenters. The second-order valence-electron chi connectivity index (χ2n) is 6.69. The number of carbonyl (C=O) groups is 1. The van der Waals surface area contributed by atoms with Gasteiger partial charge in [0.1, 0.15) is 0 Å². The van der Waals surface area contributed by atoms with E-state index in [1.165, 1.54) is 11.3 Å². The highest BCUT2D eigenvalue weighted by molar-refractivity contribution is 7.14. The van der Waals surface area contributed by atoms with Crippen molar-refractivity contribution in [3.63, 3.8) is 0 Å². The molecule has 1 heterocycles. The molecule has 0 aliphatic heterocycles. The topological polar surface area (TPSA) is 54.0 Å². The number of amides is 1. The van der Waals surface area contributed by atoms with Crippen LogP contribution >= 0.6 is 34.5 Å². The van der Waals surface area contributed by atoms with Gasteiger partial charge in [0.2, 0.25) is 5.91 Å². The Morgan fingerprint density at radius 3 is 2.52 bits per heavy atom. The average molecular weight is 420 g/mol. The van der Waals surface area contributed by atoms with Crippen LogP contribution in [0.15, 0.2) is 53.9 Å². The van der Waals surface area contributed by atoms with Crippen molar-refractivity contribution < 1.29 is 4.79 Å². The maximum absolute atomic E-state index is 12.2. The maximum Gasteiger partial charge on any atom is 0.231 e. The molecule has 7 heteroatoms. The predicted molar refractivity (Wildman–Crippen MR) is 115 cm³/mol. The Labute approximate surface area is 172 Å². The molecule has 0 saturated heterocycles. The minimum atomic E-state index is -0.617. The molecule has 2 aromatic carbocycles. The van der Waals surface area contributed by atoms with Crippen LogP contribution < -0.4 is 10.6 Å². The number of para-hydroxylation sites is 1. The molecule has 1 aromatic heterocycles. The summed E-state index contributed by atoms with van der Waals surface area (Å²) in [5.41, 5.74) is 2.75. The van der Waals surface area contributed by atoms with Gasteiger partial charge in [0.25, 0.3) is 0 Å². The van der Waals surface area contributed by atoms with E-state index in [0.717, 1.165) is 27.8 Å². The minimum Gasteiger partial charge on any atom is -0.330 e. The number of thiazole rings is 1. The molecule has 0 spiro atoms. The van der Waals surface area contributed by atoms with Gasteiger partial charge in [-0.15, -0.1) is 22.9 Å². The van der Waals surface area contributed by atoms with Gasteiger partial charge in [-0.3, -0.25) is 4.79 Å². The first kappa shape index (κ1) is 19.7. The van der Waals surface area contributed by atoms with Crippen molar-refractivity contribution in [2.45, 2.75) is 13.8 Å². The van der Waals surface area contributed by atoms with Crippen LogP contribution in [0.5, 0.6) is 0 Å². The van der Waals surface area contributed by atoms with Gasteiger partial charge < -0.3 is 10.6 Å². The van der Waals surface area contributed by atoms with E-state index in [1.54, 1.807) is 0 Å². The van der Waals surface area contributed by atoms with Crippen molar-refractivity contribution >= 4 is 57.0 Å². The Bertz CT molecular complexity index is 938. The fourth-order valence-corrected chi connectivity index (χ4v) is 3.26. The molecule has 0 saturated carbocycles. The van der Waals surface area contributed by atoms with E-state index in [-0.39, 0.29) is 11.8 Å². The monoisotopic (exact) mass is 419 g/mol. The third kappa shape index (κ3) is 4.80. The van der Waals surface area contributed by atoms with Crippen LogP contribution in [0.2, 0.25) is 5.02 Å². The summed E-state index contributed by atoms with van der Waals surface area (Å²) in [4.78, 5) is 16.8. The zero-order valence-electron chi connectivity index (χ0n) is 14.9. The first-order valence-electron chi connectivity index (χ1n) is 8.34. The number of benzene rings is 2. The van der Waals surface area contributed by atoms with Crippen molar-refractivity contribution in [1.82, 2.24) is 4.98 Å². The van der Waals surface area contributed by atoms with E-state index in [4.69, 9.17) is 23.2 Å². The molecule has 140 valence electrons. The SMILES string of the molecule is CC(C)(CCl)C(=O)Nc1ccc(-c2csc(Nc3ccccc3Cl)n2)cc1. The number of nitrogens with one attached hydrogen (secondary N) is 2. The third-order valence-corrected chi connectivity index (χ3v) is 5.76. The zero-order valence-corrected chi connectivity index (χ0v) is 17.3. The molecule has 0 fully saturated rings. The number of aromatic nitrogens is 1. The van der Waals surface area contributed by atoms with Gasteiger partial charge in [0.15, 0.2) is 5.13 Å². The van der Waals surface area contributed by atoms with Crippen LogP contribution in [0, 0.1) is 5.41 Å². The standard InChI is InChI=1S/C20H19Cl2N3OS/c1-20(2,12-21)18(26)23-14-9-7-13(8-10-14)17-11-27-19(25-17)24-16-6-4-3-5-15(16)22/h3-11H,12H2,1-2H3,(H,23,26)(H,24,25). The second kappa shape index (κ2) is 8.30. The lowest BCUT2D eigenvalue weighted by atomic mass is 9.95. The minimum absolute atomic E-state index is 0.106. The molecule has 3 rings (SSSR count). The summed E-state index contributed by atoms with van der Waals surface area (Å²) in [7, 11) is 0. The summed E-state index contributed by atoms with van der Waals surface area (Å²) in [5.74, 6) is 0.155. The molecule has 0 radical (unpaired) electrons. The summed E-state index contributed by atoms with van der Waals surface area (Å²) in [6.07, 6.45) is 0. The van der Waals surface area contributed by atoms with Crippen LogP contribution in [0.25, 0.3) is 11.3 Å². The van der Waals surface area contributed by atoms with Crippen LogP contribution in [0.4, 0.5) is 16.5 Å². The smallest absolute Gasteiger partial charge is 0.231 e. The zero-order chi connectivity index (χ0) is 19.4. The lowest BCUT2D eigenvalue weighted by Crippen LogP contribution is -2.32. The number of anilines is 3. The predicted octanol–water partition coefficient (Wildman–Crippen LogP) is 6.41. The van der Waals surface area contributed by atoms with Gasteiger partial charge in [-0.1, -0.05) is 35.9 Å². The number of nitrogens with zero attached hydrogens (tertiary/aromatic N) is 1. The van der Waals surface area contributed by atoms with Gasteiger partial charge in [-0.2, -0.15) is 0 Å². The van der Waals surface area contributed by atoms with Crippen molar-refractivity contribution in [2.24, 2.45) is 5.41 Å². The fourth-order valence-electron chi connectivity index (χ4n) is 2.23. The molecule has 3 aromatic rings. The Hall–Kier alpha value is -2.08. The molecule has 0 atom stereocenters. The van der Waals surface area contributed by atoms with Crippen LogP contribution in [0.1, 0.15) is 13.8 Å². The van der Waals surface area contributed by atoms with Gasteiger partial charge in [-0.05, 0) is 38.1 Å². The lowest BCUT2D eigenvalue weighted by Gasteiger charge is -2.20. The van der Waals surface area contributed by atoms with Gasteiger partial charge in [0.05, 0.1) is 21.8 Å². The molecule has 1 amide bonds. The molecular weight excluding hydrogens is 401 g/mol. The highest BCUT2D eigenvalue weighted by Gasteiger charge is 2.26. The van der Waals surface area contributed by atoms with E-state index in [2.05, 4.69) is 15.6 Å². The fraction of sp³-hybridized carbons (Fsp3) is 0.200. The van der Waals surface area contributed by atoms with Crippen molar-refractivity contribution in [1.29, 1.82) is 0 Å². The van der Waals surface area contributed by atoms with Crippen molar-refractivity contribution in [2.75, 3.05) is 16.5 Å². The van der Waals surface area contributed by atoms with Crippen molar-refractivity contribution in [3.8, 4) is 11.3 Å². The van der Waals surface area contributed by atoms with E-state index < -0.39 is 5.41 Å². The van der Waals surface area contributed by atoms with E-state index in [0.29, 0.717) is 5.02 Å². The number of rotatable bonds is 6. The van der Waals surface area contributed by atoms with E-state index >= 15 is 0 Å². The average Bonchev–Trinajstić information content (AvgIpc) is 3.13. The van der Waals surface area contributed by atoms with Crippen LogP contribution in [-0.4, -0.2) is 16.8 Å². The summed E-state index contributed by atoms with van der Waals surface area (Å²) in [5, 5.41) is 9.50. The van der Waals surface area contributed by atoms with E-state index in [9.17, 15) is 4.79 Å².